The monoisotopic (exact) mass is 564 g/mol. The molecule has 2 aromatic carbocycles. The van der Waals surface area contributed by atoms with E-state index in [1.54, 1.807) is 0 Å². The maximum absolute atomic E-state index is 12.9. The van der Waals surface area contributed by atoms with E-state index in [4.69, 9.17) is 14.5 Å². The molecular formula is C31H36N2O4S2. The van der Waals surface area contributed by atoms with Crippen LogP contribution in [-0.4, -0.2) is 51.2 Å². The van der Waals surface area contributed by atoms with E-state index in [1.807, 2.05) is 88.4 Å². The van der Waals surface area contributed by atoms with Crippen molar-refractivity contribution >= 4 is 28.5 Å². The second-order valence-corrected chi connectivity index (χ2v) is 12.1. The number of rotatable bonds is 14. The zero-order valence-electron chi connectivity index (χ0n) is 23.0. The molecule has 2 atom stereocenters. The Morgan fingerprint density at radius 3 is 2.46 bits per heavy atom. The maximum atomic E-state index is 12.9. The van der Waals surface area contributed by atoms with E-state index in [9.17, 15) is 14.3 Å². The zero-order valence-corrected chi connectivity index (χ0v) is 24.6. The molecule has 3 aromatic rings. The summed E-state index contributed by atoms with van der Waals surface area (Å²) in [5.74, 6) is 0.321. The fraction of sp³-hybridized carbons (Fsp3) is 0.387. The molecule has 0 aliphatic carbocycles. The van der Waals surface area contributed by atoms with Gasteiger partial charge in [-0.1, -0.05) is 85.3 Å². The van der Waals surface area contributed by atoms with Crippen molar-refractivity contribution in [2.45, 2.75) is 57.8 Å². The number of esters is 1. The molecule has 0 amide bonds. The van der Waals surface area contributed by atoms with E-state index in [2.05, 4.69) is 6.07 Å². The summed E-state index contributed by atoms with van der Waals surface area (Å²) in [5.41, 5.74) is 4.85. The van der Waals surface area contributed by atoms with Crippen LogP contribution < -0.4 is 0 Å². The topological polar surface area (TPSA) is 89.3 Å². The summed E-state index contributed by atoms with van der Waals surface area (Å²) in [6.45, 7) is 8.08. The summed E-state index contributed by atoms with van der Waals surface area (Å²) in [6, 6.07) is 21.9. The number of carbonyl (C=O) groups is 1. The molecule has 6 nitrogen and oxygen atoms in total. The van der Waals surface area contributed by atoms with Crippen LogP contribution in [0.1, 0.15) is 44.7 Å². The number of thioether (sulfide) groups is 1. The number of nitriles is 1. The number of hydrogen-bond acceptors (Lipinski definition) is 7. The molecule has 1 heterocycles. The van der Waals surface area contributed by atoms with E-state index in [1.165, 1.54) is 11.8 Å². The van der Waals surface area contributed by atoms with Gasteiger partial charge in [0.25, 0.3) is 0 Å². The van der Waals surface area contributed by atoms with Crippen molar-refractivity contribution in [3.05, 3.63) is 71.8 Å². The van der Waals surface area contributed by atoms with Crippen LogP contribution in [0.2, 0.25) is 0 Å². The summed E-state index contributed by atoms with van der Waals surface area (Å²) in [6.07, 6.45) is 1.18. The molecule has 2 unspecified atom stereocenters. The summed E-state index contributed by atoms with van der Waals surface area (Å²) in [5, 5.41) is 10.6. The lowest BCUT2D eigenvalue weighted by Crippen LogP contribution is -2.31. The molecule has 39 heavy (non-hydrogen) atoms. The Balaban J connectivity index is 1.84. The summed E-state index contributed by atoms with van der Waals surface area (Å²) in [7, 11) is -1.10. The molecule has 0 saturated heterocycles. The van der Waals surface area contributed by atoms with Crippen LogP contribution in [0.5, 0.6) is 0 Å². The summed E-state index contributed by atoms with van der Waals surface area (Å²) in [4.78, 5) is 17.7. The first kappa shape index (κ1) is 30.6. The van der Waals surface area contributed by atoms with Crippen LogP contribution in [-0.2, 0) is 25.1 Å². The van der Waals surface area contributed by atoms with Crippen LogP contribution in [0.4, 0.5) is 0 Å². The highest BCUT2D eigenvalue weighted by Gasteiger charge is 2.21. The quantitative estimate of drug-likeness (QED) is 0.162. The number of nitrogens with zero attached hydrogens (tertiary/aromatic N) is 2. The largest absolute Gasteiger partial charge is 0.458 e. The lowest BCUT2D eigenvalue weighted by molar-refractivity contribution is -0.148. The van der Waals surface area contributed by atoms with Crippen LogP contribution in [0.25, 0.3) is 22.4 Å². The Morgan fingerprint density at radius 1 is 1.10 bits per heavy atom. The molecule has 206 valence electrons. The van der Waals surface area contributed by atoms with Crippen LogP contribution in [0, 0.1) is 18.3 Å². The number of unbranched alkanes of at least 4 members (excludes halogenated alkanes) is 1. The van der Waals surface area contributed by atoms with Gasteiger partial charge in [-0.15, -0.1) is 0 Å². The van der Waals surface area contributed by atoms with Crippen molar-refractivity contribution in [3.8, 4) is 28.5 Å². The molecule has 0 radical (unpaired) electrons. The standard InChI is InChI=1S/C31H36N2O4S2/c1-5-6-16-39(35)21-26(19-36-22(2)3)37-30(34)20-38-31-28(18-32)27(24-10-8-7-9-11-24)17-29(33-31)25-14-12-23(4)13-15-25/h7-15,17,22,26H,5-6,16,19-21H2,1-4H3. The average Bonchev–Trinajstić information content (AvgIpc) is 2.94. The van der Waals surface area contributed by atoms with E-state index >= 15 is 0 Å². The van der Waals surface area contributed by atoms with Gasteiger partial charge in [-0.2, -0.15) is 5.26 Å². The fourth-order valence-corrected chi connectivity index (χ4v) is 5.95. The summed E-state index contributed by atoms with van der Waals surface area (Å²) >= 11 is 1.17. The van der Waals surface area contributed by atoms with Crippen molar-refractivity contribution in [3.63, 3.8) is 0 Å². The van der Waals surface area contributed by atoms with Gasteiger partial charge in [0, 0.05) is 27.7 Å². The van der Waals surface area contributed by atoms with Gasteiger partial charge in [-0.25, -0.2) is 4.98 Å². The molecule has 8 heteroatoms. The highest BCUT2D eigenvalue weighted by molar-refractivity contribution is 8.00. The Bertz CT molecular complexity index is 1290. The minimum Gasteiger partial charge on any atom is -0.458 e. The zero-order chi connectivity index (χ0) is 28.2. The van der Waals surface area contributed by atoms with Crippen molar-refractivity contribution in [2.24, 2.45) is 0 Å². The fourth-order valence-electron chi connectivity index (χ4n) is 3.81. The van der Waals surface area contributed by atoms with Crippen LogP contribution >= 0.6 is 11.8 Å². The normalized spacial score (nSPS) is 12.6. The summed E-state index contributed by atoms with van der Waals surface area (Å²) < 4.78 is 23.9. The molecule has 0 fully saturated rings. The smallest absolute Gasteiger partial charge is 0.316 e. The Hall–Kier alpha value is -2.99. The van der Waals surface area contributed by atoms with E-state index in [-0.39, 0.29) is 24.2 Å². The SMILES string of the molecule is CCCCS(=O)CC(COC(C)C)OC(=O)CSc1nc(-c2ccc(C)cc2)cc(-c2ccccc2)c1C#N. The van der Waals surface area contributed by atoms with Gasteiger partial charge in [0.1, 0.15) is 17.2 Å². The van der Waals surface area contributed by atoms with E-state index in [0.717, 1.165) is 40.8 Å². The Labute approximate surface area is 238 Å². The minimum atomic E-state index is -1.10. The number of pyridine rings is 1. The molecule has 0 aliphatic heterocycles. The number of ether oxygens (including phenoxy) is 2. The number of carbonyl (C=O) groups excluding carboxylic acids is 1. The first-order valence-corrected chi connectivity index (χ1v) is 15.6. The molecular weight excluding hydrogens is 528 g/mol. The second-order valence-electron chi connectivity index (χ2n) is 9.53. The molecule has 0 aliphatic rings. The van der Waals surface area contributed by atoms with Crippen molar-refractivity contribution in [2.75, 3.05) is 23.9 Å². The predicted molar refractivity (Wildman–Crippen MR) is 159 cm³/mol. The number of aromatic nitrogens is 1. The Kier molecular flexibility index (Phi) is 12.2. The molecule has 0 saturated carbocycles. The Morgan fingerprint density at radius 2 is 1.82 bits per heavy atom. The third-order valence-corrected chi connectivity index (χ3v) is 8.30. The van der Waals surface area contributed by atoms with Crippen molar-refractivity contribution in [1.82, 2.24) is 4.98 Å². The van der Waals surface area contributed by atoms with Gasteiger partial charge in [0.05, 0.1) is 35.5 Å². The van der Waals surface area contributed by atoms with Crippen molar-refractivity contribution < 1.29 is 18.5 Å². The van der Waals surface area contributed by atoms with Crippen LogP contribution in [0.3, 0.4) is 0 Å². The third kappa shape index (κ3) is 9.61. The van der Waals surface area contributed by atoms with Gasteiger partial charge in [0.2, 0.25) is 0 Å². The van der Waals surface area contributed by atoms with Crippen molar-refractivity contribution in [1.29, 1.82) is 5.26 Å². The lowest BCUT2D eigenvalue weighted by Gasteiger charge is -2.19. The predicted octanol–water partition coefficient (Wildman–Crippen LogP) is 6.57. The highest BCUT2D eigenvalue weighted by Crippen LogP contribution is 2.34. The van der Waals surface area contributed by atoms with Gasteiger partial charge < -0.3 is 9.47 Å². The molecule has 0 spiro atoms. The van der Waals surface area contributed by atoms with Gasteiger partial charge in [0.15, 0.2) is 0 Å². The number of aryl methyl sites for hydroxylation is 1. The third-order valence-electron chi connectivity index (χ3n) is 5.87. The van der Waals surface area contributed by atoms with Gasteiger partial charge in [-0.3, -0.25) is 9.00 Å². The number of benzene rings is 2. The van der Waals surface area contributed by atoms with Crippen LogP contribution in [0.15, 0.2) is 65.7 Å². The van der Waals surface area contributed by atoms with Gasteiger partial charge in [-0.05, 0) is 38.8 Å². The molecule has 3 rings (SSSR count). The molecule has 1 aromatic heterocycles. The second kappa shape index (κ2) is 15.6. The highest BCUT2D eigenvalue weighted by atomic mass is 32.2. The molecule has 0 N–H and O–H groups in total. The van der Waals surface area contributed by atoms with Gasteiger partial charge >= 0.3 is 5.97 Å². The first-order chi connectivity index (χ1) is 18.8. The van der Waals surface area contributed by atoms with E-state index < -0.39 is 22.9 Å². The number of hydrogen-bond donors (Lipinski definition) is 0. The first-order valence-electron chi connectivity index (χ1n) is 13.2. The minimum absolute atomic E-state index is 0.0343. The van der Waals surface area contributed by atoms with E-state index in [0.29, 0.717) is 16.3 Å². The lowest BCUT2D eigenvalue weighted by atomic mass is 9.99. The maximum Gasteiger partial charge on any atom is 0.316 e. The molecule has 0 bridgehead atoms. The average molecular weight is 565 g/mol.